The molecule has 4 aromatic rings. The second-order valence-corrected chi connectivity index (χ2v) is 8.34. The molecule has 0 bridgehead atoms. The average Bonchev–Trinajstić information content (AvgIpc) is 2.83. The summed E-state index contributed by atoms with van der Waals surface area (Å²) < 4.78 is 61.6. The molecule has 1 atom stereocenters. The maximum atomic E-state index is 14.4. The summed E-state index contributed by atoms with van der Waals surface area (Å²) in [6.45, 7) is 0.0309. The molecule has 1 aliphatic rings. The number of aromatic amines is 1. The van der Waals surface area contributed by atoms with E-state index in [9.17, 15) is 27.2 Å². The summed E-state index contributed by atoms with van der Waals surface area (Å²) in [5.74, 6) is -4.06. The van der Waals surface area contributed by atoms with Crippen LogP contribution in [0.15, 0.2) is 59.4 Å². The van der Waals surface area contributed by atoms with Crippen molar-refractivity contribution in [2.45, 2.75) is 12.6 Å². The van der Waals surface area contributed by atoms with Crippen molar-refractivity contribution in [3.8, 4) is 11.1 Å². The summed E-state index contributed by atoms with van der Waals surface area (Å²) in [5, 5.41) is 0.102. The van der Waals surface area contributed by atoms with Gasteiger partial charge in [0, 0.05) is 23.9 Å². The number of pyridine rings is 1. The summed E-state index contributed by atoms with van der Waals surface area (Å²) in [7, 11) is 1.47. The predicted octanol–water partition coefficient (Wildman–Crippen LogP) is 5.10. The zero-order valence-electron chi connectivity index (χ0n) is 18.4. The van der Waals surface area contributed by atoms with Crippen LogP contribution in [-0.4, -0.2) is 29.4 Å². The van der Waals surface area contributed by atoms with Gasteiger partial charge in [0.05, 0.1) is 24.6 Å². The van der Waals surface area contributed by atoms with Gasteiger partial charge in [0.15, 0.2) is 11.6 Å². The SMILES string of the molecule is CN(C(=O)c1cc(F)cc(-c2cccc(F)c2)c1)[C@@H]1COCc2[nH]c(=O)c3cc(F)c(F)cc3c21. The van der Waals surface area contributed by atoms with Crippen molar-refractivity contribution in [2.24, 2.45) is 0 Å². The smallest absolute Gasteiger partial charge is 0.256 e. The number of carbonyl (C=O) groups excluding carboxylic acids is 1. The fourth-order valence-corrected chi connectivity index (χ4v) is 4.44. The molecule has 0 aliphatic carbocycles. The summed E-state index contributed by atoms with van der Waals surface area (Å²) in [6.07, 6.45) is 0. The van der Waals surface area contributed by atoms with Crippen molar-refractivity contribution in [1.82, 2.24) is 9.88 Å². The molecule has 1 N–H and O–H groups in total. The highest BCUT2D eigenvalue weighted by molar-refractivity contribution is 5.96. The number of likely N-dealkylation sites (N-methyl/N-ethyl adjacent to an activating group) is 1. The number of hydrogen-bond acceptors (Lipinski definition) is 3. The van der Waals surface area contributed by atoms with Crippen LogP contribution in [-0.2, 0) is 11.3 Å². The second kappa shape index (κ2) is 8.66. The standard InChI is InChI=1S/C26H18F4N2O3/c1-32(26(34)15-5-14(7-17(28)8-15)13-3-2-4-16(27)6-13)23-12-35-11-22-24(23)18-9-20(29)21(30)10-19(18)25(33)31-22/h2-10,23H,11-12H2,1H3,(H,31,33)/t23-/m1/s1. The van der Waals surface area contributed by atoms with Gasteiger partial charge in [-0.25, -0.2) is 17.6 Å². The van der Waals surface area contributed by atoms with Crippen LogP contribution >= 0.6 is 0 Å². The van der Waals surface area contributed by atoms with E-state index >= 15 is 0 Å². The molecule has 1 aliphatic heterocycles. The monoisotopic (exact) mass is 482 g/mol. The summed E-state index contributed by atoms with van der Waals surface area (Å²) in [4.78, 5) is 29.8. The topological polar surface area (TPSA) is 62.4 Å². The van der Waals surface area contributed by atoms with Crippen LogP contribution in [0.25, 0.3) is 21.9 Å². The molecule has 5 nitrogen and oxygen atoms in total. The molecule has 178 valence electrons. The number of ether oxygens (including phenoxy) is 1. The summed E-state index contributed by atoms with van der Waals surface area (Å²) >= 11 is 0. The highest BCUT2D eigenvalue weighted by atomic mass is 19.2. The van der Waals surface area contributed by atoms with Crippen molar-refractivity contribution in [2.75, 3.05) is 13.7 Å². The summed E-state index contributed by atoms with van der Waals surface area (Å²) in [5.41, 5.74) is 0.861. The fourth-order valence-electron chi connectivity index (χ4n) is 4.44. The molecular weight excluding hydrogens is 464 g/mol. The molecule has 0 unspecified atom stereocenters. The Labute approximate surface area is 196 Å². The molecule has 5 rings (SSSR count). The van der Waals surface area contributed by atoms with E-state index in [0.29, 0.717) is 22.4 Å². The Hall–Kier alpha value is -3.98. The third kappa shape index (κ3) is 4.08. The van der Waals surface area contributed by atoms with Crippen LogP contribution in [0, 0.1) is 23.3 Å². The number of rotatable bonds is 3. The third-order valence-electron chi connectivity index (χ3n) is 6.13. The van der Waals surface area contributed by atoms with E-state index in [-0.39, 0.29) is 29.5 Å². The van der Waals surface area contributed by atoms with E-state index in [1.165, 1.54) is 42.3 Å². The number of fused-ring (bicyclic) bond motifs is 3. The van der Waals surface area contributed by atoms with Crippen molar-refractivity contribution < 1.29 is 27.1 Å². The number of benzene rings is 3. The number of H-pyrrole nitrogens is 1. The van der Waals surface area contributed by atoms with Gasteiger partial charge < -0.3 is 14.6 Å². The first-order chi connectivity index (χ1) is 16.7. The van der Waals surface area contributed by atoms with Gasteiger partial charge >= 0.3 is 0 Å². The number of hydrogen-bond donors (Lipinski definition) is 1. The lowest BCUT2D eigenvalue weighted by Crippen LogP contribution is -2.37. The van der Waals surface area contributed by atoms with Gasteiger partial charge in [0.2, 0.25) is 0 Å². The lowest BCUT2D eigenvalue weighted by Gasteiger charge is -2.34. The molecule has 0 fully saturated rings. The molecule has 2 heterocycles. The minimum Gasteiger partial charge on any atom is -0.373 e. The Morgan fingerprint density at radius 1 is 0.943 bits per heavy atom. The van der Waals surface area contributed by atoms with E-state index in [0.717, 1.165) is 18.2 Å². The van der Waals surface area contributed by atoms with Gasteiger partial charge in [-0.05, 0) is 59.0 Å². The number of carbonyl (C=O) groups is 1. The van der Waals surface area contributed by atoms with Crippen LogP contribution in [0.4, 0.5) is 17.6 Å². The van der Waals surface area contributed by atoms with Gasteiger partial charge in [0.25, 0.3) is 11.5 Å². The molecule has 0 spiro atoms. The third-order valence-corrected chi connectivity index (χ3v) is 6.13. The van der Waals surface area contributed by atoms with Crippen molar-refractivity contribution in [3.63, 3.8) is 0 Å². The molecule has 0 radical (unpaired) electrons. The maximum Gasteiger partial charge on any atom is 0.256 e. The van der Waals surface area contributed by atoms with E-state index in [1.54, 1.807) is 6.07 Å². The van der Waals surface area contributed by atoms with Gasteiger partial charge in [-0.3, -0.25) is 9.59 Å². The van der Waals surface area contributed by atoms with Gasteiger partial charge in [-0.1, -0.05) is 12.1 Å². The normalized spacial score (nSPS) is 15.2. The van der Waals surface area contributed by atoms with Crippen LogP contribution < -0.4 is 5.56 Å². The molecular formula is C26H18F4N2O3. The van der Waals surface area contributed by atoms with Gasteiger partial charge in [-0.15, -0.1) is 0 Å². The van der Waals surface area contributed by atoms with E-state index in [2.05, 4.69) is 4.98 Å². The zero-order chi connectivity index (χ0) is 24.9. The molecule has 0 saturated heterocycles. The van der Waals surface area contributed by atoms with Gasteiger partial charge in [0.1, 0.15) is 11.6 Å². The quantitative estimate of drug-likeness (QED) is 0.414. The first-order valence-corrected chi connectivity index (χ1v) is 10.7. The molecule has 35 heavy (non-hydrogen) atoms. The van der Waals surface area contributed by atoms with E-state index in [4.69, 9.17) is 4.74 Å². The van der Waals surface area contributed by atoms with Gasteiger partial charge in [-0.2, -0.15) is 0 Å². The van der Waals surface area contributed by atoms with Crippen LogP contribution in [0.3, 0.4) is 0 Å². The number of nitrogens with one attached hydrogen (secondary N) is 1. The molecule has 3 aromatic carbocycles. The Kier molecular flexibility index (Phi) is 5.64. The zero-order valence-corrected chi connectivity index (χ0v) is 18.4. The largest absolute Gasteiger partial charge is 0.373 e. The van der Waals surface area contributed by atoms with E-state index in [1.807, 2.05) is 0 Å². The first-order valence-electron chi connectivity index (χ1n) is 10.7. The average molecular weight is 482 g/mol. The maximum absolute atomic E-state index is 14.4. The van der Waals surface area contributed by atoms with Crippen LogP contribution in [0.2, 0.25) is 0 Å². The van der Waals surface area contributed by atoms with Crippen molar-refractivity contribution >= 4 is 16.7 Å². The second-order valence-electron chi connectivity index (χ2n) is 8.34. The van der Waals surface area contributed by atoms with Crippen LogP contribution in [0.5, 0.6) is 0 Å². The van der Waals surface area contributed by atoms with Crippen molar-refractivity contribution in [1.29, 1.82) is 0 Å². The lowest BCUT2D eigenvalue weighted by molar-refractivity contribution is 0.0335. The minimum atomic E-state index is -1.17. The number of aromatic nitrogens is 1. The first kappa shape index (κ1) is 22.8. The Bertz CT molecular complexity index is 1550. The lowest BCUT2D eigenvalue weighted by atomic mass is 9.94. The molecule has 9 heteroatoms. The van der Waals surface area contributed by atoms with Crippen LogP contribution in [0.1, 0.15) is 27.7 Å². The molecule has 0 saturated carbocycles. The number of halogens is 4. The van der Waals surface area contributed by atoms with E-state index < -0.39 is 40.8 Å². The Balaban J connectivity index is 1.58. The predicted molar refractivity (Wildman–Crippen MR) is 121 cm³/mol. The fraction of sp³-hybridized carbons (Fsp3) is 0.154. The number of amides is 1. The Morgan fingerprint density at radius 3 is 2.40 bits per heavy atom. The van der Waals surface area contributed by atoms with Crippen molar-refractivity contribution in [3.05, 3.63) is 105 Å². The minimum absolute atomic E-state index is 0.00448. The number of nitrogens with zero attached hydrogens (tertiary/aromatic N) is 1. The summed E-state index contributed by atoms with van der Waals surface area (Å²) in [6, 6.07) is 10.2. The molecule has 1 amide bonds. The highest BCUT2D eigenvalue weighted by Gasteiger charge is 2.31. The highest BCUT2D eigenvalue weighted by Crippen LogP contribution is 2.34. The Morgan fingerprint density at radius 2 is 1.66 bits per heavy atom. The molecule has 1 aromatic heterocycles.